The van der Waals surface area contributed by atoms with Crippen molar-refractivity contribution in [1.82, 2.24) is 0 Å². The van der Waals surface area contributed by atoms with E-state index in [4.69, 9.17) is 14.2 Å². The van der Waals surface area contributed by atoms with E-state index in [0.29, 0.717) is 0 Å². The summed E-state index contributed by atoms with van der Waals surface area (Å²) < 4.78 is 16.3. The third kappa shape index (κ3) is 2.19. The van der Waals surface area contributed by atoms with Crippen LogP contribution in [0.4, 0.5) is 0 Å². The van der Waals surface area contributed by atoms with E-state index in [1.54, 1.807) is 0 Å². The van der Waals surface area contributed by atoms with Crippen LogP contribution in [0.5, 0.6) is 0 Å². The maximum Gasteiger partial charge on any atom is 0.115 e. The molecule has 0 aromatic carbocycles. The molecule has 0 atom stereocenters. The largest absolute Gasteiger partial charge is 0.373 e. The SMILES string of the molecule is CCOC1C(OCC)C1OCC. The molecule has 1 rings (SSSR count). The summed E-state index contributed by atoms with van der Waals surface area (Å²) >= 11 is 0. The van der Waals surface area contributed by atoms with Crippen molar-refractivity contribution in [3.63, 3.8) is 0 Å². The standard InChI is InChI=1S/C9H18O3/c1-4-10-7-8(11-5-2)9(7)12-6-3/h7-9H,4-6H2,1-3H3. The van der Waals surface area contributed by atoms with E-state index >= 15 is 0 Å². The van der Waals surface area contributed by atoms with Crippen LogP contribution in [0, 0.1) is 0 Å². The van der Waals surface area contributed by atoms with Gasteiger partial charge in [-0.2, -0.15) is 0 Å². The maximum absolute atomic E-state index is 5.43. The topological polar surface area (TPSA) is 27.7 Å². The van der Waals surface area contributed by atoms with Crippen LogP contribution in [0.2, 0.25) is 0 Å². The van der Waals surface area contributed by atoms with Gasteiger partial charge in [0.25, 0.3) is 0 Å². The number of hydrogen-bond donors (Lipinski definition) is 0. The highest BCUT2D eigenvalue weighted by Gasteiger charge is 2.53. The van der Waals surface area contributed by atoms with Gasteiger partial charge in [-0.05, 0) is 20.8 Å². The molecule has 72 valence electrons. The highest BCUT2D eigenvalue weighted by atomic mass is 16.6. The number of rotatable bonds is 6. The lowest BCUT2D eigenvalue weighted by molar-refractivity contribution is 0.0535. The fourth-order valence-corrected chi connectivity index (χ4v) is 1.38. The molecule has 0 spiro atoms. The Hall–Kier alpha value is -0.120. The Morgan fingerprint density at radius 2 is 0.917 bits per heavy atom. The van der Waals surface area contributed by atoms with Crippen molar-refractivity contribution < 1.29 is 14.2 Å². The molecule has 3 heteroatoms. The van der Waals surface area contributed by atoms with E-state index in [1.807, 2.05) is 20.8 Å². The van der Waals surface area contributed by atoms with Gasteiger partial charge >= 0.3 is 0 Å². The minimum atomic E-state index is 0.176. The molecule has 0 N–H and O–H groups in total. The second kappa shape index (κ2) is 4.80. The Kier molecular flexibility index (Phi) is 3.98. The molecular weight excluding hydrogens is 156 g/mol. The van der Waals surface area contributed by atoms with E-state index in [1.165, 1.54) is 0 Å². The van der Waals surface area contributed by atoms with Crippen LogP contribution >= 0.6 is 0 Å². The maximum atomic E-state index is 5.43. The highest BCUT2D eigenvalue weighted by Crippen LogP contribution is 2.32. The number of ether oxygens (including phenoxy) is 3. The molecule has 1 aliphatic rings. The lowest BCUT2D eigenvalue weighted by atomic mass is 10.7. The summed E-state index contributed by atoms with van der Waals surface area (Å²) in [6.45, 7) is 8.17. The van der Waals surface area contributed by atoms with Gasteiger partial charge < -0.3 is 14.2 Å². The summed E-state index contributed by atoms with van der Waals surface area (Å²) in [6, 6.07) is 0. The van der Waals surface area contributed by atoms with E-state index in [9.17, 15) is 0 Å². The van der Waals surface area contributed by atoms with Gasteiger partial charge in [-0.3, -0.25) is 0 Å². The van der Waals surface area contributed by atoms with Crippen molar-refractivity contribution in [2.24, 2.45) is 0 Å². The highest BCUT2D eigenvalue weighted by molar-refractivity contribution is 5.03. The number of hydrogen-bond acceptors (Lipinski definition) is 3. The zero-order valence-electron chi connectivity index (χ0n) is 8.08. The lowest BCUT2D eigenvalue weighted by Crippen LogP contribution is -2.02. The summed E-state index contributed by atoms with van der Waals surface area (Å²) in [5.74, 6) is 0. The van der Waals surface area contributed by atoms with Gasteiger partial charge in [-0.15, -0.1) is 0 Å². The Balaban J connectivity index is 2.22. The third-order valence-corrected chi connectivity index (χ3v) is 1.91. The summed E-state index contributed by atoms with van der Waals surface area (Å²) in [5.41, 5.74) is 0. The molecule has 0 aromatic heterocycles. The zero-order valence-corrected chi connectivity index (χ0v) is 8.08. The molecular formula is C9H18O3. The van der Waals surface area contributed by atoms with Gasteiger partial charge in [0.15, 0.2) is 0 Å². The molecule has 1 fully saturated rings. The molecule has 1 aliphatic carbocycles. The van der Waals surface area contributed by atoms with Crippen molar-refractivity contribution in [3.8, 4) is 0 Å². The van der Waals surface area contributed by atoms with Crippen LogP contribution in [0.1, 0.15) is 20.8 Å². The van der Waals surface area contributed by atoms with Crippen molar-refractivity contribution in [2.75, 3.05) is 19.8 Å². The van der Waals surface area contributed by atoms with E-state index in [2.05, 4.69) is 0 Å². The van der Waals surface area contributed by atoms with Gasteiger partial charge in [0.1, 0.15) is 18.3 Å². The van der Waals surface area contributed by atoms with E-state index in [0.717, 1.165) is 19.8 Å². The fourth-order valence-electron chi connectivity index (χ4n) is 1.38. The Labute approximate surface area is 74.0 Å². The van der Waals surface area contributed by atoms with Crippen LogP contribution in [-0.2, 0) is 14.2 Å². The Bertz CT molecular complexity index is 97.2. The van der Waals surface area contributed by atoms with Gasteiger partial charge in [-0.1, -0.05) is 0 Å². The van der Waals surface area contributed by atoms with Gasteiger partial charge in [0.2, 0.25) is 0 Å². The van der Waals surface area contributed by atoms with Crippen molar-refractivity contribution in [2.45, 2.75) is 39.1 Å². The van der Waals surface area contributed by atoms with Crippen LogP contribution in [0.15, 0.2) is 0 Å². The quantitative estimate of drug-likeness (QED) is 0.606. The monoisotopic (exact) mass is 174 g/mol. The van der Waals surface area contributed by atoms with E-state index in [-0.39, 0.29) is 18.3 Å². The first-order chi connectivity index (χ1) is 5.85. The van der Waals surface area contributed by atoms with Gasteiger partial charge in [0.05, 0.1) is 0 Å². The first kappa shape index (κ1) is 9.96. The first-order valence-corrected chi connectivity index (χ1v) is 4.69. The minimum absolute atomic E-state index is 0.176. The normalized spacial score (nSPS) is 33.8. The average Bonchev–Trinajstić information content (AvgIpc) is 2.67. The lowest BCUT2D eigenvalue weighted by Gasteiger charge is -1.97. The van der Waals surface area contributed by atoms with Crippen molar-refractivity contribution in [3.05, 3.63) is 0 Å². The molecule has 3 nitrogen and oxygen atoms in total. The third-order valence-electron chi connectivity index (χ3n) is 1.91. The molecule has 1 saturated carbocycles. The fraction of sp³-hybridized carbons (Fsp3) is 1.00. The molecule has 12 heavy (non-hydrogen) atoms. The van der Waals surface area contributed by atoms with Gasteiger partial charge in [0, 0.05) is 19.8 Å². The van der Waals surface area contributed by atoms with Crippen LogP contribution < -0.4 is 0 Å². The summed E-state index contributed by atoms with van der Waals surface area (Å²) in [7, 11) is 0. The van der Waals surface area contributed by atoms with E-state index < -0.39 is 0 Å². The summed E-state index contributed by atoms with van der Waals surface area (Å²) in [4.78, 5) is 0. The summed E-state index contributed by atoms with van der Waals surface area (Å²) in [6.07, 6.45) is 0.527. The Morgan fingerprint density at radius 3 is 1.08 bits per heavy atom. The van der Waals surface area contributed by atoms with Crippen molar-refractivity contribution in [1.29, 1.82) is 0 Å². The molecule has 0 amide bonds. The first-order valence-electron chi connectivity index (χ1n) is 4.69. The predicted octanol–water partition coefficient (Wildman–Crippen LogP) is 1.22. The molecule has 0 aliphatic heterocycles. The smallest absolute Gasteiger partial charge is 0.115 e. The van der Waals surface area contributed by atoms with Gasteiger partial charge in [-0.25, -0.2) is 0 Å². The molecule has 0 aromatic rings. The van der Waals surface area contributed by atoms with Crippen LogP contribution in [0.3, 0.4) is 0 Å². The zero-order chi connectivity index (χ0) is 8.97. The van der Waals surface area contributed by atoms with Crippen LogP contribution in [-0.4, -0.2) is 38.1 Å². The average molecular weight is 174 g/mol. The second-order valence-electron chi connectivity index (χ2n) is 2.76. The minimum Gasteiger partial charge on any atom is -0.373 e. The second-order valence-corrected chi connectivity index (χ2v) is 2.76. The Morgan fingerprint density at radius 1 is 0.667 bits per heavy atom. The molecule has 0 saturated heterocycles. The summed E-state index contributed by atoms with van der Waals surface area (Å²) in [5, 5.41) is 0. The predicted molar refractivity (Wildman–Crippen MR) is 46.2 cm³/mol. The molecule has 0 radical (unpaired) electrons. The molecule has 0 bridgehead atoms. The van der Waals surface area contributed by atoms with Crippen molar-refractivity contribution >= 4 is 0 Å². The van der Waals surface area contributed by atoms with Crippen LogP contribution in [0.25, 0.3) is 0 Å². The molecule has 0 heterocycles. The molecule has 0 unspecified atom stereocenters.